The molecule has 1 aromatic carbocycles. The molecule has 0 saturated carbocycles. The van der Waals surface area contributed by atoms with Gasteiger partial charge in [0.2, 0.25) is 0 Å². The Morgan fingerprint density at radius 3 is 2.71 bits per heavy atom. The zero-order valence-corrected chi connectivity index (χ0v) is 9.47. The molecule has 0 fully saturated rings. The van der Waals surface area contributed by atoms with Gasteiger partial charge in [-0.15, -0.1) is 0 Å². The molecule has 0 aliphatic rings. The number of hydrogen-bond donors (Lipinski definition) is 3. The summed E-state index contributed by atoms with van der Waals surface area (Å²) < 4.78 is 0. The molecule has 0 aliphatic heterocycles. The molecule has 0 saturated heterocycles. The summed E-state index contributed by atoms with van der Waals surface area (Å²) in [5, 5.41) is 9.14. The average Bonchev–Trinajstić information content (AvgIpc) is 2.77. The molecule has 0 spiro atoms. The van der Waals surface area contributed by atoms with Crippen molar-refractivity contribution in [2.75, 3.05) is 5.73 Å². The van der Waals surface area contributed by atoms with Crippen LogP contribution in [-0.2, 0) is 0 Å². The van der Waals surface area contributed by atoms with Crippen LogP contribution >= 0.6 is 0 Å². The summed E-state index contributed by atoms with van der Waals surface area (Å²) >= 11 is 0. The molecule has 0 unspecified atom stereocenters. The van der Waals surface area contributed by atoms with Gasteiger partial charge in [0.25, 0.3) is 5.91 Å². The fraction of sp³-hybridized carbons (Fsp3) is 0.167. The quantitative estimate of drug-likeness (QED) is 0.746. The number of aromatic nitrogens is 2. The van der Waals surface area contributed by atoms with Crippen LogP contribution in [0, 0.1) is 0 Å². The first kappa shape index (κ1) is 11.2. The lowest BCUT2D eigenvalue weighted by Crippen LogP contribution is -2.26. The van der Waals surface area contributed by atoms with E-state index in [1.807, 2.05) is 37.3 Å². The molecule has 1 amide bonds. The van der Waals surface area contributed by atoms with E-state index in [0.717, 1.165) is 5.56 Å². The molecule has 0 bridgehead atoms. The van der Waals surface area contributed by atoms with Gasteiger partial charge in [0, 0.05) is 6.07 Å². The van der Waals surface area contributed by atoms with Gasteiger partial charge in [-0.2, -0.15) is 5.10 Å². The Morgan fingerprint density at radius 1 is 1.41 bits per heavy atom. The van der Waals surface area contributed by atoms with E-state index in [1.165, 1.54) is 6.07 Å². The van der Waals surface area contributed by atoms with Gasteiger partial charge in [0.1, 0.15) is 11.5 Å². The molecule has 1 heterocycles. The standard InChI is InChI=1S/C12H14N4O/c1-8(9-5-3-2-4-6-9)14-12(17)10-7-11(13)16-15-10/h2-8H,1H3,(H,14,17)(H3,13,15,16)/t8-/m1/s1. The van der Waals surface area contributed by atoms with Crippen molar-refractivity contribution in [3.63, 3.8) is 0 Å². The van der Waals surface area contributed by atoms with E-state index in [4.69, 9.17) is 5.73 Å². The van der Waals surface area contributed by atoms with Crippen molar-refractivity contribution in [2.24, 2.45) is 0 Å². The van der Waals surface area contributed by atoms with Crippen molar-refractivity contribution >= 4 is 11.7 Å². The van der Waals surface area contributed by atoms with Crippen LogP contribution in [0.2, 0.25) is 0 Å². The summed E-state index contributed by atoms with van der Waals surface area (Å²) in [7, 11) is 0. The number of nitrogens with one attached hydrogen (secondary N) is 2. The molecule has 17 heavy (non-hydrogen) atoms. The number of nitrogen functional groups attached to an aromatic ring is 1. The fourth-order valence-corrected chi connectivity index (χ4v) is 1.55. The van der Waals surface area contributed by atoms with Gasteiger partial charge in [-0.25, -0.2) is 0 Å². The van der Waals surface area contributed by atoms with E-state index in [0.29, 0.717) is 11.5 Å². The highest BCUT2D eigenvalue weighted by atomic mass is 16.2. The summed E-state index contributed by atoms with van der Waals surface area (Å²) in [6, 6.07) is 11.2. The number of rotatable bonds is 3. The third kappa shape index (κ3) is 2.63. The Bertz CT molecular complexity index is 506. The third-order valence-corrected chi connectivity index (χ3v) is 2.49. The zero-order valence-electron chi connectivity index (χ0n) is 9.47. The highest BCUT2D eigenvalue weighted by Gasteiger charge is 2.12. The maximum Gasteiger partial charge on any atom is 0.269 e. The molecule has 5 heteroatoms. The average molecular weight is 230 g/mol. The Kier molecular flexibility index (Phi) is 3.09. The summed E-state index contributed by atoms with van der Waals surface area (Å²) in [5.41, 5.74) is 6.85. The highest BCUT2D eigenvalue weighted by molar-refractivity contribution is 5.93. The molecule has 1 atom stereocenters. The number of aromatic amines is 1. The predicted octanol–water partition coefficient (Wildman–Crippen LogP) is 1.48. The summed E-state index contributed by atoms with van der Waals surface area (Å²) in [5.74, 6) is 0.0908. The van der Waals surface area contributed by atoms with E-state index < -0.39 is 0 Å². The number of anilines is 1. The largest absolute Gasteiger partial charge is 0.382 e. The minimum absolute atomic E-state index is 0.0618. The third-order valence-electron chi connectivity index (χ3n) is 2.49. The number of carbonyl (C=O) groups is 1. The number of benzene rings is 1. The van der Waals surface area contributed by atoms with E-state index >= 15 is 0 Å². The molecule has 1 aromatic heterocycles. The van der Waals surface area contributed by atoms with Crippen LogP contribution in [0.4, 0.5) is 5.82 Å². The van der Waals surface area contributed by atoms with Gasteiger partial charge in [0.05, 0.1) is 6.04 Å². The zero-order chi connectivity index (χ0) is 12.3. The molecule has 4 N–H and O–H groups in total. The van der Waals surface area contributed by atoms with Gasteiger partial charge < -0.3 is 11.1 Å². The SMILES string of the molecule is C[C@@H](NC(=O)c1cc(N)n[nH]1)c1ccccc1. The van der Waals surface area contributed by atoms with Gasteiger partial charge >= 0.3 is 0 Å². The second-order valence-electron chi connectivity index (χ2n) is 3.81. The first-order valence-corrected chi connectivity index (χ1v) is 5.33. The maximum atomic E-state index is 11.8. The summed E-state index contributed by atoms with van der Waals surface area (Å²) in [6.45, 7) is 1.92. The van der Waals surface area contributed by atoms with Crippen LogP contribution in [0.5, 0.6) is 0 Å². The van der Waals surface area contributed by atoms with E-state index in [-0.39, 0.29) is 11.9 Å². The molecule has 2 aromatic rings. The first-order chi connectivity index (χ1) is 8.16. The molecule has 0 aliphatic carbocycles. The smallest absolute Gasteiger partial charge is 0.269 e. The molecular weight excluding hydrogens is 216 g/mol. The van der Waals surface area contributed by atoms with Crippen molar-refractivity contribution in [1.29, 1.82) is 0 Å². The number of H-pyrrole nitrogens is 1. The summed E-state index contributed by atoms with van der Waals surface area (Å²) in [6.07, 6.45) is 0. The van der Waals surface area contributed by atoms with Crippen molar-refractivity contribution in [3.8, 4) is 0 Å². The molecule has 0 radical (unpaired) electrons. The Hall–Kier alpha value is -2.30. The normalized spacial score (nSPS) is 12.1. The van der Waals surface area contributed by atoms with E-state index in [1.54, 1.807) is 0 Å². The highest BCUT2D eigenvalue weighted by Crippen LogP contribution is 2.12. The van der Waals surface area contributed by atoms with Gasteiger partial charge in [-0.05, 0) is 12.5 Å². The molecular formula is C12H14N4O. The second kappa shape index (κ2) is 4.69. The number of carbonyl (C=O) groups excluding carboxylic acids is 1. The summed E-state index contributed by atoms with van der Waals surface area (Å²) in [4.78, 5) is 11.8. The first-order valence-electron chi connectivity index (χ1n) is 5.33. The lowest BCUT2D eigenvalue weighted by Gasteiger charge is -2.13. The van der Waals surface area contributed by atoms with Crippen molar-refractivity contribution in [1.82, 2.24) is 15.5 Å². The van der Waals surface area contributed by atoms with Crippen LogP contribution in [0.15, 0.2) is 36.4 Å². The molecule has 88 valence electrons. The van der Waals surface area contributed by atoms with Gasteiger partial charge in [0.15, 0.2) is 0 Å². The lowest BCUT2D eigenvalue weighted by atomic mass is 10.1. The molecule has 5 nitrogen and oxygen atoms in total. The van der Waals surface area contributed by atoms with Crippen LogP contribution in [-0.4, -0.2) is 16.1 Å². The van der Waals surface area contributed by atoms with Gasteiger partial charge in [-0.1, -0.05) is 30.3 Å². The van der Waals surface area contributed by atoms with Crippen molar-refractivity contribution in [3.05, 3.63) is 47.7 Å². The van der Waals surface area contributed by atoms with Crippen LogP contribution in [0.1, 0.15) is 29.0 Å². The Labute approximate surface area is 99.0 Å². The topological polar surface area (TPSA) is 83.8 Å². The maximum absolute atomic E-state index is 11.8. The van der Waals surface area contributed by atoms with E-state index in [2.05, 4.69) is 15.5 Å². The van der Waals surface area contributed by atoms with E-state index in [9.17, 15) is 4.79 Å². The Morgan fingerprint density at radius 2 is 2.12 bits per heavy atom. The minimum Gasteiger partial charge on any atom is -0.382 e. The lowest BCUT2D eigenvalue weighted by molar-refractivity contribution is 0.0935. The fourth-order valence-electron chi connectivity index (χ4n) is 1.55. The van der Waals surface area contributed by atoms with Crippen LogP contribution in [0.25, 0.3) is 0 Å². The number of nitrogens with zero attached hydrogens (tertiary/aromatic N) is 1. The minimum atomic E-state index is -0.217. The number of hydrogen-bond acceptors (Lipinski definition) is 3. The number of amides is 1. The Balaban J connectivity index is 2.04. The monoisotopic (exact) mass is 230 g/mol. The predicted molar refractivity (Wildman–Crippen MR) is 65.3 cm³/mol. The van der Waals surface area contributed by atoms with Crippen molar-refractivity contribution in [2.45, 2.75) is 13.0 Å². The van der Waals surface area contributed by atoms with Crippen LogP contribution in [0.3, 0.4) is 0 Å². The number of nitrogens with two attached hydrogens (primary N) is 1. The van der Waals surface area contributed by atoms with Crippen molar-refractivity contribution < 1.29 is 4.79 Å². The van der Waals surface area contributed by atoms with Crippen LogP contribution < -0.4 is 11.1 Å². The molecule has 2 rings (SSSR count). The second-order valence-corrected chi connectivity index (χ2v) is 3.81. The van der Waals surface area contributed by atoms with Gasteiger partial charge in [-0.3, -0.25) is 9.89 Å².